The minimum absolute atomic E-state index is 0.104. The number of aliphatic hydroxyl groups excluding tert-OH is 1. The first-order chi connectivity index (χ1) is 14.6. The molecule has 1 aliphatic carbocycles. The predicted molar refractivity (Wildman–Crippen MR) is 115 cm³/mol. The second-order valence-corrected chi connectivity index (χ2v) is 9.19. The van der Waals surface area contributed by atoms with E-state index in [0.29, 0.717) is 11.8 Å². The number of hydrogen-bond acceptors (Lipinski definition) is 5. The third kappa shape index (κ3) is 3.77. The van der Waals surface area contributed by atoms with Crippen molar-refractivity contribution in [1.82, 2.24) is 24.3 Å². The fraction of sp³-hybridized carbons (Fsp3) is 0.565. The van der Waals surface area contributed by atoms with Crippen LogP contribution in [0.25, 0.3) is 5.69 Å². The van der Waals surface area contributed by atoms with Gasteiger partial charge in [-0.15, -0.1) is 0 Å². The zero-order chi connectivity index (χ0) is 20.7. The van der Waals surface area contributed by atoms with Gasteiger partial charge in [0.25, 0.3) is 5.91 Å². The van der Waals surface area contributed by atoms with Gasteiger partial charge in [-0.25, -0.2) is 4.98 Å². The molecule has 0 spiro atoms. The Labute approximate surface area is 177 Å². The van der Waals surface area contributed by atoms with Crippen molar-refractivity contribution in [3.05, 3.63) is 48.5 Å². The number of aromatic nitrogens is 2. The molecule has 2 aromatic rings. The van der Waals surface area contributed by atoms with Gasteiger partial charge in [-0.05, 0) is 56.0 Å². The van der Waals surface area contributed by atoms with Gasteiger partial charge in [0.1, 0.15) is 0 Å². The van der Waals surface area contributed by atoms with Gasteiger partial charge in [0.15, 0.2) is 0 Å². The maximum absolute atomic E-state index is 13.1. The summed E-state index contributed by atoms with van der Waals surface area (Å²) in [6.45, 7) is 5.76. The zero-order valence-corrected chi connectivity index (χ0v) is 17.6. The highest BCUT2D eigenvalue weighted by Gasteiger charge is 2.44. The topological polar surface area (TPSA) is 64.8 Å². The number of rotatable bonds is 3. The van der Waals surface area contributed by atoms with E-state index in [0.717, 1.165) is 63.4 Å². The van der Waals surface area contributed by atoms with Crippen LogP contribution in [0.1, 0.15) is 23.2 Å². The molecule has 1 amide bonds. The lowest BCUT2D eigenvalue weighted by molar-refractivity contribution is -0.0249. The predicted octanol–water partition coefficient (Wildman–Crippen LogP) is 1.33. The lowest BCUT2D eigenvalue weighted by atomic mass is 9.77. The lowest BCUT2D eigenvalue weighted by Crippen LogP contribution is -2.55. The average molecular weight is 410 g/mol. The van der Waals surface area contributed by atoms with E-state index in [1.807, 2.05) is 39.9 Å². The highest BCUT2D eigenvalue weighted by atomic mass is 16.3. The van der Waals surface area contributed by atoms with Crippen molar-refractivity contribution in [3.63, 3.8) is 0 Å². The summed E-state index contributed by atoms with van der Waals surface area (Å²) in [4.78, 5) is 24.0. The van der Waals surface area contributed by atoms with Crippen molar-refractivity contribution in [1.29, 1.82) is 0 Å². The summed E-state index contributed by atoms with van der Waals surface area (Å²) in [5.74, 6) is 1.01. The summed E-state index contributed by atoms with van der Waals surface area (Å²) in [5.41, 5.74) is 1.73. The van der Waals surface area contributed by atoms with Crippen LogP contribution in [-0.4, -0.2) is 93.7 Å². The third-order valence-electron chi connectivity index (χ3n) is 7.32. The van der Waals surface area contributed by atoms with Gasteiger partial charge in [-0.2, -0.15) is 0 Å². The van der Waals surface area contributed by atoms with Crippen LogP contribution in [0.4, 0.5) is 0 Å². The Hall–Kier alpha value is -2.22. The number of aliphatic hydroxyl groups is 1. The minimum atomic E-state index is -0.279. The first kappa shape index (κ1) is 19.7. The number of piperazine rings is 1. The molecule has 1 aromatic carbocycles. The fourth-order valence-electron chi connectivity index (χ4n) is 5.49. The van der Waals surface area contributed by atoms with Crippen molar-refractivity contribution < 1.29 is 9.90 Å². The van der Waals surface area contributed by atoms with E-state index in [2.05, 4.69) is 21.8 Å². The van der Waals surface area contributed by atoms with Crippen LogP contribution in [0.15, 0.2) is 43.0 Å². The van der Waals surface area contributed by atoms with Gasteiger partial charge in [0, 0.05) is 69.0 Å². The molecule has 1 N–H and O–H groups in total. The Kier molecular flexibility index (Phi) is 5.35. The maximum Gasteiger partial charge on any atom is 0.253 e. The highest BCUT2D eigenvalue weighted by Crippen LogP contribution is 2.39. The smallest absolute Gasteiger partial charge is 0.253 e. The molecule has 0 radical (unpaired) electrons. The molecule has 0 unspecified atom stereocenters. The second kappa shape index (κ2) is 8.13. The molecule has 7 nitrogen and oxygen atoms in total. The van der Waals surface area contributed by atoms with Gasteiger partial charge < -0.3 is 19.5 Å². The van der Waals surface area contributed by atoms with E-state index < -0.39 is 0 Å². The summed E-state index contributed by atoms with van der Waals surface area (Å²) in [6, 6.07) is 7.98. The molecule has 30 heavy (non-hydrogen) atoms. The molecule has 0 bridgehead atoms. The number of benzene rings is 1. The molecule has 2 aliphatic heterocycles. The Morgan fingerprint density at radius 2 is 1.73 bits per heavy atom. The number of likely N-dealkylation sites (tertiary alicyclic amines) is 1. The molecule has 1 aromatic heterocycles. The van der Waals surface area contributed by atoms with Crippen molar-refractivity contribution >= 4 is 5.91 Å². The first-order valence-electron chi connectivity index (χ1n) is 11.1. The number of carbonyl (C=O) groups is 1. The number of amides is 1. The lowest BCUT2D eigenvalue weighted by Gasteiger charge is -2.44. The standard InChI is InChI=1S/C23H31N5O2/c1-25-8-10-26(11-9-25)21-12-18-14-28(15-19(18)13-22(21)29)23(30)17-2-4-20(5-3-17)27-7-6-24-16-27/h2-7,16,18-19,21-22,29H,8-15H2,1H3/t18-,19+,21-,22-/m1/s1. The molecular weight excluding hydrogens is 378 g/mol. The summed E-state index contributed by atoms with van der Waals surface area (Å²) in [7, 11) is 2.16. The summed E-state index contributed by atoms with van der Waals surface area (Å²) < 4.78 is 1.93. The van der Waals surface area contributed by atoms with Crippen LogP contribution in [-0.2, 0) is 0 Å². The van der Waals surface area contributed by atoms with Crippen LogP contribution >= 0.6 is 0 Å². The van der Waals surface area contributed by atoms with E-state index >= 15 is 0 Å². The van der Waals surface area contributed by atoms with Crippen LogP contribution in [0.2, 0.25) is 0 Å². The highest BCUT2D eigenvalue weighted by molar-refractivity contribution is 5.94. The number of fused-ring (bicyclic) bond motifs is 1. The number of likely N-dealkylation sites (N-methyl/N-ethyl adjacent to an activating group) is 1. The van der Waals surface area contributed by atoms with Crippen molar-refractivity contribution in [2.75, 3.05) is 46.3 Å². The molecule has 7 heteroatoms. The van der Waals surface area contributed by atoms with Crippen LogP contribution in [0.3, 0.4) is 0 Å². The van der Waals surface area contributed by atoms with Crippen molar-refractivity contribution in [2.45, 2.75) is 25.0 Å². The Bertz CT molecular complexity index is 860. The zero-order valence-electron chi connectivity index (χ0n) is 17.6. The Morgan fingerprint density at radius 1 is 1.03 bits per heavy atom. The van der Waals surface area contributed by atoms with E-state index in [1.165, 1.54) is 0 Å². The largest absolute Gasteiger partial charge is 0.391 e. The Morgan fingerprint density at radius 3 is 2.40 bits per heavy atom. The molecule has 4 atom stereocenters. The molecule has 2 saturated heterocycles. The van der Waals surface area contributed by atoms with E-state index in [4.69, 9.17) is 0 Å². The van der Waals surface area contributed by atoms with Crippen LogP contribution < -0.4 is 0 Å². The summed E-state index contributed by atoms with van der Waals surface area (Å²) in [5, 5.41) is 10.8. The molecule has 160 valence electrons. The summed E-state index contributed by atoms with van der Waals surface area (Å²) >= 11 is 0. The molecule has 5 rings (SSSR count). The van der Waals surface area contributed by atoms with Gasteiger partial charge >= 0.3 is 0 Å². The molecule has 1 saturated carbocycles. The second-order valence-electron chi connectivity index (χ2n) is 9.19. The summed E-state index contributed by atoms with van der Waals surface area (Å²) in [6.07, 6.45) is 6.92. The molecule has 3 aliphatic rings. The van der Waals surface area contributed by atoms with Crippen LogP contribution in [0.5, 0.6) is 0 Å². The monoisotopic (exact) mass is 409 g/mol. The van der Waals surface area contributed by atoms with Crippen LogP contribution in [0, 0.1) is 11.8 Å². The fourth-order valence-corrected chi connectivity index (χ4v) is 5.49. The quantitative estimate of drug-likeness (QED) is 0.829. The van der Waals surface area contributed by atoms with Gasteiger partial charge in [0.2, 0.25) is 0 Å². The number of carbonyl (C=O) groups excluding carboxylic acids is 1. The van der Waals surface area contributed by atoms with Gasteiger partial charge in [0.05, 0.1) is 12.4 Å². The van der Waals surface area contributed by atoms with Crippen molar-refractivity contribution in [3.8, 4) is 5.69 Å². The molecule has 3 heterocycles. The van der Waals surface area contributed by atoms with Gasteiger partial charge in [-0.1, -0.05) is 0 Å². The SMILES string of the molecule is CN1CCN([C@@H]2C[C@@H]3CN(C(=O)c4ccc(-n5ccnc5)cc4)C[C@@H]3C[C@H]2O)CC1. The molecular formula is C23H31N5O2. The minimum Gasteiger partial charge on any atom is -0.391 e. The van der Waals surface area contributed by atoms with Gasteiger partial charge in [-0.3, -0.25) is 9.69 Å². The normalized spacial score (nSPS) is 30.4. The average Bonchev–Trinajstić information content (AvgIpc) is 3.43. The number of nitrogens with zero attached hydrogens (tertiary/aromatic N) is 5. The Balaban J connectivity index is 1.23. The maximum atomic E-state index is 13.1. The third-order valence-corrected chi connectivity index (χ3v) is 7.32. The van der Waals surface area contributed by atoms with Crippen molar-refractivity contribution in [2.24, 2.45) is 11.8 Å². The van der Waals surface area contributed by atoms with E-state index in [-0.39, 0.29) is 18.1 Å². The van der Waals surface area contributed by atoms with E-state index in [9.17, 15) is 9.90 Å². The molecule has 3 fully saturated rings. The first-order valence-corrected chi connectivity index (χ1v) is 11.1. The number of imidazole rings is 1. The number of hydrogen-bond donors (Lipinski definition) is 1. The van der Waals surface area contributed by atoms with E-state index in [1.54, 1.807) is 12.5 Å².